The van der Waals surface area contributed by atoms with Gasteiger partial charge in [0, 0.05) is 10.7 Å². The molecule has 2 aromatic heterocycles. The van der Waals surface area contributed by atoms with Crippen LogP contribution in [0.25, 0.3) is 0 Å². The van der Waals surface area contributed by atoms with Gasteiger partial charge in [-0.1, -0.05) is 17.7 Å². The second-order valence-corrected chi connectivity index (χ2v) is 5.27. The first-order valence-electron chi connectivity index (χ1n) is 7.00. The van der Waals surface area contributed by atoms with E-state index in [-0.39, 0.29) is 5.91 Å². The number of carbonyl (C=O) groups excluding carboxylic acids is 1. The van der Waals surface area contributed by atoms with Gasteiger partial charge in [0.1, 0.15) is 11.5 Å². The fraction of sp³-hybridized carbons (Fsp3) is 0.0588. The van der Waals surface area contributed by atoms with Crippen LogP contribution in [0.2, 0.25) is 5.02 Å². The zero-order valence-corrected chi connectivity index (χ0v) is 12.9. The number of hydrogen-bond donors (Lipinski definition) is 2. The number of rotatable bonds is 5. The summed E-state index contributed by atoms with van der Waals surface area (Å²) in [4.78, 5) is 16.3. The van der Waals surface area contributed by atoms with E-state index in [1.807, 2.05) is 12.1 Å². The summed E-state index contributed by atoms with van der Waals surface area (Å²) in [6.07, 6.45) is 3.23. The summed E-state index contributed by atoms with van der Waals surface area (Å²) in [6.45, 7) is 0.558. The molecule has 5 nitrogen and oxygen atoms in total. The third-order valence-corrected chi connectivity index (χ3v) is 3.36. The lowest BCUT2D eigenvalue weighted by Gasteiger charge is -2.07. The first kappa shape index (κ1) is 15.1. The lowest BCUT2D eigenvalue weighted by atomic mass is 10.3. The van der Waals surface area contributed by atoms with E-state index in [0.717, 1.165) is 11.4 Å². The van der Waals surface area contributed by atoms with Crippen LogP contribution in [0.1, 0.15) is 16.2 Å². The van der Waals surface area contributed by atoms with Crippen LogP contribution in [0.15, 0.2) is 65.4 Å². The molecule has 116 valence electrons. The maximum atomic E-state index is 12.1. The minimum absolute atomic E-state index is 0.287. The SMILES string of the molecule is O=C(Nc1cccc(Cl)c1)c1ccc(NCc2ccco2)cn1. The molecule has 0 spiro atoms. The van der Waals surface area contributed by atoms with Gasteiger partial charge in [0.05, 0.1) is 24.7 Å². The summed E-state index contributed by atoms with van der Waals surface area (Å²) in [6, 6.07) is 14.1. The fourth-order valence-electron chi connectivity index (χ4n) is 2.00. The lowest BCUT2D eigenvalue weighted by molar-refractivity contribution is 0.102. The molecule has 0 bridgehead atoms. The normalized spacial score (nSPS) is 10.3. The number of nitrogens with one attached hydrogen (secondary N) is 2. The highest BCUT2D eigenvalue weighted by Gasteiger charge is 2.08. The molecule has 0 fully saturated rings. The van der Waals surface area contributed by atoms with Gasteiger partial charge in [-0.3, -0.25) is 4.79 Å². The number of nitrogens with zero attached hydrogens (tertiary/aromatic N) is 1. The number of aromatic nitrogens is 1. The Labute approximate surface area is 138 Å². The van der Waals surface area contributed by atoms with Crippen molar-refractivity contribution in [2.45, 2.75) is 6.54 Å². The van der Waals surface area contributed by atoms with Crippen LogP contribution in [0, 0.1) is 0 Å². The molecule has 0 radical (unpaired) electrons. The second-order valence-electron chi connectivity index (χ2n) is 4.83. The highest BCUT2D eigenvalue weighted by atomic mass is 35.5. The summed E-state index contributed by atoms with van der Waals surface area (Å²) in [5.41, 5.74) is 1.76. The second kappa shape index (κ2) is 6.98. The Balaban J connectivity index is 1.61. The van der Waals surface area contributed by atoms with E-state index in [1.54, 1.807) is 48.9 Å². The van der Waals surface area contributed by atoms with Crippen molar-refractivity contribution in [3.8, 4) is 0 Å². The minimum atomic E-state index is -0.287. The molecular weight excluding hydrogens is 314 g/mol. The molecule has 0 unspecified atom stereocenters. The summed E-state index contributed by atoms with van der Waals surface area (Å²) < 4.78 is 5.24. The molecule has 2 N–H and O–H groups in total. The van der Waals surface area contributed by atoms with E-state index in [1.165, 1.54) is 0 Å². The van der Waals surface area contributed by atoms with E-state index in [4.69, 9.17) is 16.0 Å². The average molecular weight is 328 g/mol. The molecule has 3 rings (SSSR count). The monoisotopic (exact) mass is 327 g/mol. The Bertz CT molecular complexity index is 786. The van der Waals surface area contributed by atoms with Crippen molar-refractivity contribution < 1.29 is 9.21 Å². The molecule has 0 aliphatic heterocycles. The summed E-state index contributed by atoms with van der Waals surface area (Å²) in [7, 11) is 0. The number of anilines is 2. The van der Waals surface area contributed by atoms with Gasteiger partial charge in [0.15, 0.2) is 0 Å². The van der Waals surface area contributed by atoms with Crippen molar-refractivity contribution in [2.75, 3.05) is 10.6 Å². The molecule has 2 heterocycles. The molecule has 23 heavy (non-hydrogen) atoms. The predicted molar refractivity (Wildman–Crippen MR) is 89.7 cm³/mol. The smallest absolute Gasteiger partial charge is 0.274 e. The van der Waals surface area contributed by atoms with Crippen LogP contribution in [-0.4, -0.2) is 10.9 Å². The third-order valence-electron chi connectivity index (χ3n) is 3.13. The predicted octanol–water partition coefficient (Wildman–Crippen LogP) is 4.19. The Morgan fingerprint density at radius 3 is 2.74 bits per heavy atom. The molecule has 0 saturated carbocycles. The Morgan fingerprint density at radius 2 is 2.04 bits per heavy atom. The van der Waals surface area contributed by atoms with E-state index in [9.17, 15) is 4.79 Å². The Kier molecular flexibility index (Phi) is 4.59. The lowest BCUT2D eigenvalue weighted by Crippen LogP contribution is -2.13. The van der Waals surface area contributed by atoms with Gasteiger partial charge in [-0.25, -0.2) is 4.98 Å². The molecular formula is C17H14ClN3O2. The molecule has 0 aliphatic carbocycles. The molecule has 6 heteroatoms. The van der Waals surface area contributed by atoms with Crippen LogP contribution in [0.4, 0.5) is 11.4 Å². The van der Waals surface area contributed by atoms with E-state index >= 15 is 0 Å². The van der Waals surface area contributed by atoms with Crippen LogP contribution in [0.3, 0.4) is 0 Å². The first-order valence-corrected chi connectivity index (χ1v) is 7.38. The van der Waals surface area contributed by atoms with Crippen molar-refractivity contribution in [3.05, 3.63) is 77.5 Å². The number of halogens is 1. The van der Waals surface area contributed by atoms with Crippen LogP contribution < -0.4 is 10.6 Å². The Hall–Kier alpha value is -2.79. The van der Waals surface area contributed by atoms with Crippen LogP contribution >= 0.6 is 11.6 Å². The molecule has 0 saturated heterocycles. The summed E-state index contributed by atoms with van der Waals surface area (Å²) in [5.74, 6) is 0.539. The number of benzene rings is 1. The molecule has 1 amide bonds. The number of carbonyl (C=O) groups is 1. The van der Waals surface area contributed by atoms with Crippen molar-refractivity contribution in [1.29, 1.82) is 0 Å². The van der Waals surface area contributed by atoms with E-state index < -0.39 is 0 Å². The van der Waals surface area contributed by atoms with Crippen molar-refractivity contribution in [2.24, 2.45) is 0 Å². The molecule has 3 aromatic rings. The van der Waals surface area contributed by atoms with Crippen molar-refractivity contribution >= 4 is 28.9 Å². The van der Waals surface area contributed by atoms with Crippen molar-refractivity contribution in [3.63, 3.8) is 0 Å². The highest BCUT2D eigenvalue weighted by Crippen LogP contribution is 2.16. The van der Waals surface area contributed by atoms with Gasteiger partial charge in [-0.2, -0.15) is 0 Å². The molecule has 0 aliphatic rings. The topological polar surface area (TPSA) is 67.2 Å². The number of hydrogen-bond acceptors (Lipinski definition) is 4. The van der Waals surface area contributed by atoms with Crippen molar-refractivity contribution in [1.82, 2.24) is 4.98 Å². The molecule has 0 atom stereocenters. The highest BCUT2D eigenvalue weighted by molar-refractivity contribution is 6.30. The number of pyridine rings is 1. The zero-order valence-electron chi connectivity index (χ0n) is 12.1. The van der Waals surface area contributed by atoms with Gasteiger partial charge in [0.25, 0.3) is 5.91 Å². The Morgan fingerprint density at radius 1 is 1.13 bits per heavy atom. The first-order chi connectivity index (χ1) is 11.2. The van der Waals surface area contributed by atoms with Gasteiger partial charge >= 0.3 is 0 Å². The van der Waals surface area contributed by atoms with Crippen LogP contribution in [0.5, 0.6) is 0 Å². The quantitative estimate of drug-likeness (QED) is 0.737. The maximum Gasteiger partial charge on any atom is 0.274 e. The average Bonchev–Trinajstić information content (AvgIpc) is 3.07. The third kappa shape index (κ3) is 4.11. The van der Waals surface area contributed by atoms with Gasteiger partial charge in [-0.05, 0) is 42.5 Å². The van der Waals surface area contributed by atoms with E-state index in [0.29, 0.717) is 22.9 Å². The van der Waals surface area contributed by atoms with Gasteiger partial charge in [-0.15, -0.1) is 0 Å². The largest absolute Gasteiger partial charge is 0.467 e. The standard InChI is InChI=1S/C17H14ClN3O2/c18-12-3-1-4-13(9-12)21-17(22)16-7-6-14(10-20-16)19-11-15-5-2-8-23-15/h1-10,19H,11H2,(H,21,22). The van der Waals surface area contributed by atoms with Gasteiger partial charge < -0.3 is 15.1 Å². The minimum Gasteiger partial charge on any atom is -0.467 e. The molecule has 1 aromatic carbocycles. The van der Waals surface area contributed by atoms with Crippen LogP contribution in [-0.2, 0) is 6.54 Å². The zero-order chi connectivity index (χ0) is 16.1. The summed E-state index contributed by atoms with van der Waals surface area (Å²) in [5, 5.41) is 6.48. The fourth-order valence-corrected chi connectivity index (χ4v) is 2.19. The summed E-state index contributed by atoms with van der Waals surface area (Å²) >= 11 is 5.89. The van der Waals surface area contributed by atoms with E-state index in [2.05, 4.69) is 15.6 Å². The number of amides is 1. The number of furan rings is 1. The maximum absolute atomic E-state index is 12.1. The van der Waals surface area contributed by atoms with Gasteiger partial charge in [0.2, 0.25) is 0 Å².